The molecule has 0 radical (unpaired) electrons. The molecule has 1 saturated heterocycles. The van der Waals surface area contributed by atoms with Gasteiger partial charge in [-0.05, 0) is 74.6 Å². The number of ketones is 1. The number of carbonyl (C=O) groups excluding carboxylic acids is 4. The molecule has 2 fully saturated rings. The number of allylic oxidation sites excluding steroid dienone is 2. The van der Waals surface area contributed by atoms with Crippen LogP contribution in [0.1, 0.15) is 39.6 Å². The maximum absolute atomic E-state index is 13.4. The number of hydrogen-bond donors (Lipinski definition) is 0. The third-order valence-electron chi connectivity index (χ3n) is 9.22. The predicted octanol–water partition coefficient (Wildman–Crippen LogP) is 5.86. The molecule has 4 unspecified atom stereocenters. The smallest absolute Gasteiger partial charge is 0.339 e. The highest BCUT2D eigenvalue weighted by molar-refractivity contribution is 6.23. The molecule has 4 aromatic rings. The normalized spacial score (nSPS) is 21.6. The van der Waals surface area contributed by atoms with Crippen molar-refractivity contribution in [2.45, 2.75) is 20.3 Å². The summed E-state index contributed by atoms with van der Waals surface area (Å²) in [5, 5.41) is 11.5. The van der Waals surface area contributed by atoms with E-state index in [9.17, 15) is 29.3 Å². The molecular weight excluding hydrogens is 574 g/mol. The van der Waals surface area contributed by atoms with E-state index in [1.807, 2.05) is 26.0 Å². The Bertz CT molecular complexity index is 1980. The number of nitrogens with zero attached hydrogens (tertiary/aromatic N) is 3. The molecule has 2 amide bonds. The first kappa shape index (κ1) is 28.3. The summed E-state index contributed by atoms with van der Waals surface area (Å²) < 4.78 is 5.40. The van der Waals surface area contributed by atoms with E-state index >= 15 is 0 Å². The number of ether oxygens (including phenoxy) is 1. The highest BCUT2D eigenvalue weighted by atomic mass is 16.6. The van der Waals surface area contributed by atoms with E-state index in [1.165, 1.54) is 34.7 Å². The number of aromatic nitrogens is 1. The molecule has 1 aromatic heterocycles. The molecule has 2 heterocycles. The van der Waals surface area contributed by atoms with Crippen LogP contribution >= 0.6 is 0 Å². The number of non-ortho nitro benzene ring substituents is 1. The number of benzene rings is 3. The van der Waals surface area contributed by atoms with Crippen LogP contribution in [-0.2, 0) is 14.3 Å². The van der Waals surface area contributed by atoms with Crippen molar-refractivity contribution in [3.63, 3.8) is 0 Å². The Kier molecular flexibility index (Phi) is 6.65. The van der Waals surface area contributed by atoms with Crippen LogP contribution in [0.4, 0.5) is 11.4 Å². The lowest BCUT2D eigenvalue weighted by Crippen LogP contribution is -2.32. The van der Waals surface area contributed by atoms with Gasteiger partial charge in [-0.3, -0.25) is 29.4 Å². The largest absolute Gasteiger partial charge is 0.454 e. The Labute approximate surface area is 257 Å². The fourth-order valence-electron chi connectivity index (χ4n) is 7.03. The number of nitro groups is 1. The van der Waals surface area contributed by atoms with Crippen LogP contribution in [0.3, 0.4) is 0 Å². The number of hydrogen-bond acceptors (Lipinski definition) is 8. The molecule has 2 aliphatic carbocycles. The lowest BCUT2D eigenvalue weighted by Gasteiger charge is -2.19. The van der Waals surface area contributed by atoms with Crippen LogP contribution < -0.4 is 4.90 Å². The van der Waals surface area contributed by atoms with Crippen LogP contribution in [0.2, 0.25) is 0 Å². The zero-order valence-corrected chi connectivity index (χ0v) is 24.4. The summed E-state index contributed by atoms with van der Waals surface area (Å²) in [6.45, 7) is 3.37. The summed E-state index contributed by atoms with van der Waals surface area (Å²) >= 11 is 0. The van der Waals surface area contributed by atoms with Crippen LogP contribution in [0.15, 0.2) is 84.4 Å². The van der Waals surface area contributed by atoms with Crippen molar-refractivity contribution in [1.29, 1.82) is 0 Å². The molecule has 1 aliphatic heterocycles. The molecule has 1 saturated carbocycles. The van der Waals surface area contributed by atoms with Crippen molar-refractivity contribution in [2.24, 2.45) is 23.7 Å². The van der Waals surface area contributed by atoms with Gasteiger partial charge in [0.05, 0.1) is 39.2 Å². The van der Waals surface area contributed by atoms with E-state index in [2.05, 4.69) is 6.08 Å². The molecule has 0 N–H and O–H groups in total. The Morgan fingerprint density at radius 2 is 1.67 bits per heavy atom. The first-order valence-electron chi connectivity index (χ1n) is 14.6. The van der Waals surface area contributed by atoms with Gasteiger partial charge in [-0.2, -0.15) is 0 Å². The Morgan fingerprint density at radius 1 is 0.956 bits per heavy atom. The van der Waals surface area contributed by atoms with Crippen molar-refractivity contribution in [1.82, 2.24) is 4.98 Å². The number of aryl methyl sites for hydroxylation is 1. The van der Waals surface area contributed by atoms with E-state index < -0.39 is 23.3 Å². The van der Waals surface area contributed by atoms with Gasteiger partial charge in [0.15, 0.2) is 12.4 Å². The third kappa shape index (κ3) is 4.69. The Morgan fingerprint density at radius 3 is 2.38 bits per heavy atom. The van der Waals surface area contributed by atoms with Gasteiger partial charge in [0.2, 0.25) is 11.8 Å². The van der Waals surface area contributed by atoms with Gasteiger partial charge in [-0.1, -0.05) is 35.4 Å². The van der Waals surface area contributed by atoms with Crippen molar-refractivity contribution >= 4 is 45.8 Å². The van der Waals surface area contributed by atoms with Gasteiger partial charge >= 0.3 is 5.97 Å². The van der Waals surface area contributed by atoms with Gasteiger partial charge in [-0.15, -0.1) is 0 Å². The molecule has 0 spiro atoms. The van der Waals surface area contributed by atoms with Crippen LogP contribution in [0, 0.1) is 40.7 Å². The molecule has 224 valence electrons. The average molecular weight is 602 g/mol. The number of fused-ring (bicyclic) bond motifs is 6. The van der Waals surface area contributed by atoms with Gasteiger partial charge in [0.1, 0.15) is 0 Å². The van der Waals surface area contributed by atoms with Crippen LogP contribution in [0.5, 0.6) is 0 Å². The predicted molar refractivity (Wildman–Crippen MR) is 164 cm³/mol. The Balaban J connectivity index is 1.14. The molecule has 2 bridgehead atoms. The minimum Gasteiger partial charge on any atom is -0.454 e. The highest BCUT2D eigenvalue weighted by Gasteiger charge is 2.60. The zero-order valence-electron chi connectivity index (χ0n) is 24.4. The molecule has 4 atom stereocenters. The lowest BCUT2D eigenvalue weighted by atomic mass is 9.82. The fourth-order valence-corrected chi connectivity index (χ4v) is 7.03. The number of anilines is 1. The first-order valence-corrected chi connectivity index (χ1v) is 14.6. The summed E-state index contributed by atoms with van der Waals surface area (Å²) in [6, 6.07) is 19.1. The maximum atomic E-state index is 13.4. The summed E-state index contributed by atoms with van der Waals surface area (Å²) in [5.74, 6) is -1.86. The van der Waals surface area contributed by atoms with E-state index in [0.717, 1.165) is 12.0 Å². The first-order chi connectivity index (χ1) is 21.6. The summed E-state index contributed by atoms with van der Waals surface area (Å²) in [4.78, 5) is 69.1. The van der Waals surface area contributed by atoms with E-state index in [-0.39, 0.29) is 52.3 Å². The topological polar surface area (TPSA) is 137 Å². The monoisotopic (exact) mass is 601 g/mol. The van der Waals surface area contributed by atoms with Gasteiger partial charge < -0.3 is 4.74 Å². The number of nitro benzene ring substituents is 1. The summed E-state index contributed by atoms with van der Waals surface area (Å²) in [7, 11) is 0. The number of esters is 1. The molecule has 10 nitrogen and oxygen atoms in total. The van der Waals surface area contributed by atoms with Crippen molar-refractivity contribution < 1.29 is 28.8 Å². The van der Waals surface area contributed by atoms with E-state index in [1.54, 1.807) is 36.4 Å². The van der Waals surface area contributed by atoms with Crippen LogP contribution in [-0.4, -0.2) is 40.1 Å². The quantitative estimate of drug-likeness (QED) is 0.0642. The number of amides is 2. The molecule has 7 rings (SSSR count). The van der Waals surface area contributed by atoms with Gasteiger partial charge in [0, 0.05) is 28.6 Å². The fraction of sp³-hybridized carbons (Fsp3) is 0.229. The Hall–Kier alpha value is -5.51. The standard InChI is InChI=1S/C35H27N3O7/c1-18-3-12-28-26(13-18)27(35(42)45-17-30(39)21-6-10-24(11-7-21)38(43)44)16-29(36-28)20-4-8-23(9-5-20)37-33(40)31-22-14-19(2)25(15-22)32(31)34(37)41/h3-14,16,22,25,31-32H,15,17H2,1-2H3. The number of rotatable bonds is 7. The van der Waals surface area contributed by atoms with Gasteiger partial charge in [-0.25, -0.2) is 9.78 Å². The molecule has 45 heavy (non-hydrogen) atoms. The number of pyridine rings is 1. The number of carbonyl (C=O) groups is 4. The summed E-state index contributed by atoms with van der Waals surface area (Å²) in [5.41, 5.74) is 4.53. The maximum Gasteiger partial charge on any atom is 0.339 e. The highest BCUT2D eigenvalue weighted by Crippen LogP contribution is 2.56. The summed E-state index contributed by atoms with van der Waals surface area (Å²) in [6.07, 6.45) is 3.01. The zero-order chi connectivity index (χ0) is 31.6. The van der Waals surface area contributed by atoms with Crippen molar-refractivity contribution in [3.8, 4) is 11.3 Å². The minimum absolute atomic E-state index is 0.119. The van der Waals surface area contributed by atoms with Gasteiger partial charge in [0.25, 0.3) is 5.69 Å². The van der Waals surface area contributed by atoms with Crippen LogP contribution in [0.25, 0.3) is 22.2 Å². The van der Waals surface area contributed by atoms with E-state index in [0.29, 0.717) is 27.8 Å². The van der Waals surface area contributed by atoms with E-state index in [4.69, 9.17) is 9.72 Å². The number of Topliss-reactive ketones (excluding diaryl/α,β-unsaturated/α-hetero) is 1. The lowest BCUT2D eigenvalue weighted by molar-refractivity contribution is -0.384. The number of imide groups is 1. The van der Waals surface area contributed by atoms with Crippen molar-refractivity contribution in [3.05, 3.63) is 111 Å². The third-order valence-corrected chi connectivity index (χ3v) is 9.22. The molecule has 3 aromatic carbocycles. The van der Waals surface area contributed by atoms with Crippen molar-refractivity contribution in [2.75, 3.05) is 11.5 Å². The second kappa shape index (κ2) is 10.6. The minimum atomic E-state index is -0.723. The average Bonchev–Trinajstić information content (AvgIpc) is 3.68. The molecule has 10 heteroatoms. The second-order valence-corrected chi connectivity index (χ2v) is 11.9. The second-order valence-electron chi connectivity index (χ2n) is 11.9. The molecule has 3 aliphatic rings. The molecular formula is C35H27N3O7. The SMILES string of the molecule is CC1=CC2CC1C1C(=O)N(c3ccc(-c4cc(C(=O)OCC(=O)c5ccc([N+](=O)[O-])cc5)c5cc(C)ccc5n4)cc3)C(=O)C21.